The predicted molar refractivity (Wildman–Crippen MR) is 144 cm³/mol. The van der Waals surface area contributed by atoms with Crippen LogP contribution >= 0.6 is 0 Å². The van der Waals surface area contributed by atoms with E-state index in [1.54, 1.807) is 0 Å². The molecule has 2 heterocycles. The molecule has 0 atom stereocenters. The fourth-order valence-corrected chi connectivity index (χ4v) is 4.33. The van der Waals surface area contributed by atoms with Gasteiger partial charge >= 0.3 is 28.9 Å². The maximum absolute atomic E-state index is 8.83. The summed E-state index contributed by atoms with van der Waals surface area (Å²) >= 11 is 0. The van der Waals surface area contributed by atoms with E-state index in [2.05, 4.69) is 94.6 Å². The van der Waals surface area contributed by atoms with Gasteiger partial charge in [-0.15, -0.1) is 0 Å². The summed E-state index contributed by atoms with van der Waals surface area (Å²) in [5.41, 5.74) is 0. The summed E-state index contributed by atoms with van der Waals surface area (Å²) in [6.45, 7) is 2.94. The Labute approximate surface area is 232 Å². The number of hydrogen-bond acceptors (Lipinski definition) is 6. The molecule has 0 bridgehead atoms. The maximum Gasteiger partial charge on any atom is 0.252 e. The maximum atomic E-state index is 8.83. The first-order chi connectivity index (χ1) is 18.9. The third-order valence-corrected chi connectivity index (χ3v) is 6.30. The van der Waals surface area contributed by atoms with Gasteiger partial charge in [-0.05, 0) is 35.7 Å². The van der Waals surface area contributed by atoms with Crippen molar-refractivity contribution in [3.63, 3.8) is 0 Å². The molecular formula is C30H41ClN2O6+2. The van der Waals surface area contributed by atoms with Crippen molar-refractivity contribution in [1.29, 1.82) is 0 Å². The molecule has 4 rings (SSSR count). The molecule has 0 saturated carbocycles. The van der Waals surface area contributed by atoms with Crippen molar-refractivity contribution < 1.29 is 47.5 Å². The van der Waals surface area contributed by atoms with Crippen LogP contribution in [0.2, 0.25) is 0 Å². The molecule has 39 heavy (non-hydrogen) atoms. The molecule has 0 aliphatic heterocycles. The molecule has 4 aromatic rings. The largest absolute Gasteiger partial charge is 0.323 e. The number of fused-ring (bicyclic) bond motifs is 2. The van der Waals surface area contributed by atoms with Crippen molar-refractivity contribution in [2.24, 2.45) is 0 Å². The minimum atomic E-state index is -4.19. The molecule has 2 aromatic heterocycles. The van der Waals surface area contributed by atoms with Crippen LogP contribution in [0.25, 0.3) is 21.5 Å². The molecule has 0 radical (unpaired) electrons. The summed E-state index contributed by atoms with van der Waals surface area (Å²) in [6.07, 6.45) is 18.6. The van der Waals surface area contributed by atoms with E-state index in [0.29, 0.717) is 13.5 Å². The summed E-state index contributed by atoms with van der Waals surface area (Å²) in [6, 6.07) is 21.2. The molecule has 0 aliphatic rings. The first kappa shape index (κ1) is 30.8. The van der Waals surface area contributed by atoms with Crippen LogP contribution in [0, 0.1) is 10.2 Å². The molecule has 0 unspecified atom stereocenters. The van der Waals surface area contributed by atoms with E-state index in [1.165, 1.54) is 60.1 Å². The fraction of sp³-hybridized carbons (Fsp3) is 0.400. The first-order valence-corrected chi connectivity index (χ1v) is 14.8. The van der Waals surface area contributed by atoms with Gasteiger partial charge in [0, 0.05) is 22.9 Å². The van der Waals surface area contributed by atoms with Crippen molar-refractivity contribution in [2.45, 2.75) is 64.8 Å². The van der Waals surface area contributed by atoms with E-state index in [4.69, 9.17) is 28.1 Å². The van der Waals surface area contributed by atoms with Gasteiger partial charge in [-0.3, -0.25) is 0 Å². The molecule has 8 nitrogen and oxygen atoms in total. The number of rotatable bonds is 15. The van der Waals surface area contributed by atoms with E-state index in [1.807, 2.05) is 0 Å². The Bertz CT molecular complexity index is 1150. The van der Waals surface area contributed by atoms with Crippen LogP contribution in [0.4, 0.5) is 0 Å². The van der Waals surface area contributed by atoms with Crippen molar-refractivity contribution in [3.05, 3.63) is 85.5 Å². The average Bonchev–Trinajstić information content (AvgIpc) is 2.92. The van der Waals surface area contributed by atoms with Gasteiger partial charge in [-0.1, -0.05) is 74.9 Å². The second kappa shape index (κ2) is 17.1. The molecule has 9 heteroatoms. The van der Waals surface area contributed by atoms with Crippen molar-refractivity contribution in [3.8, 4) is 0 Å². The van der Waals surface area contributed by atoms with Gasteiger partial charge in [-0.25, -0.2) is 0 Å². The Morgan fingerprint density at radius 1 is 0.538 bits per heavy atom. The third-order valence-electron chi connectivity index (χ3n) is 6.30. The van der Waals surface area contributed by atoms with Crippen molar-refractivity contribution in [1.82, 2.24) is 0 Å². The number of nitrogens with zero attached hydrogens (tertiary/aromatic N) is 2. The van der Waals surface area contributed by atoms with Gasteiger partial charge in [0.05, 0.1) is 13.2 Å². The summed E-state index contributed by atoms with van der Waals surface area (Å²) < 4.78 is 46.2. The Kier molecular flexibility index (Phi) is 13.5. The minimum Gasteiger partial charge on any atom is -0.323 e. The summed E-state index contributed by atoms with van der Waals surface area (Å²) in [7, 11) is -4.19. The molecule has 212 valence electrons. The molecule has 0 fully saturated rings. The van der Waals surface area contributed by atoms with E-state index in [0.717, 1.165) is 26.1 Å². The van der Waals surface area contributed by atoms with Gasteiger partial charge in [0.1, 0.15) is 0 Å². The van der Waals surface area contributed by atoms with Crippen molar-refractivity contribution >= 4 is 21.5 Å². The van der Waals surface area contributed by atoms with Gasteiger partial charge in [0.25, 0.3) is 13.5 Å². The predicted octanol–water partition coefficient (Wildman–Crippen LogP) is 3.48. The first-order valence-electron chi connectivity index (χ1n) is 13.5. The van der Waals surface area contributed by atoms with Crippen LogP contribution < -0.4 is 13.8 Å². The van der Waals surface area contributed by atoms with E-state index >= 15 is 0 Å². The average molecular weight is 561 g/mol. The molecule has 3 N–H and O–H groups in total. The Morgan fingerprint density at radius 3 is 1.26 bits per heavy atom. The number of pyridine rings is 2. The van der Waals surface area contributed by atoms with Gasteiger partial charge in [0.2, 0.25) is 0 Å². The Hall–Kier alpha value is -2.69. The molecular weight excluding hydrogens is 520 g/mol. The standard InChI is InChI=1S/C30H38N2O2.ClH3O4/c1(3-5-11-21-33-25-31-19-17-27-13-7-9-15-29(27)23-31)2-4-6-12-22-34-26-32-20-18-28-14-8-10-16-30(28)24-32;2-1(3,4)5/h7-10,13-20,23-24H,1-6,11-12,21-22,25-26H2;2-4H/q+2;. The van der Waals surface area contributed by atoms with Gasteiger partial charge < -0.3 is 9.47 Å². The Balaban J connectivity index is 0.000000771. The van der Waals surface area contributed by atoms with Crippen LogP contribution in [0.1, 0.15) is 51.4 Å². The smallest absolute Gasteiger partial charge is 0.252 e. The molecule has 0 amide bonds. The van der Waals surface area contributed by atoms with Crippen LogP contribution in [-0.4, -0.2) is 27.2 Å². The zero-order valence-corrected chi connectivity index (χ0v) is 23.2. The normalized spacial score (nSPS) is 11.9. The summed E-state index contributed by atoms with van der Waals surface area (Å²) in [5, 5.41) is 5.05. The van der Waals surface area contributed by atoms with Crippen molar-refractivity contribution in [2.75, 3.05) is 13.2 Å². The van der Waals surface area contributed by atoms with E-state index in [-0.39, 0.29) is 0 Å². The number of benzene rings is 2. The fourth-order valence-electron chi connectivity index (χ4n) is 4.33. The number of unbranched alkanes of at least 4 members (excludes halogenated alkanes) is 7. The number of halogens is 1. The zero-order valence-electron chi connectivity index (χ0n) is 22.4. The monoisotopic (exact) mass is 560 g/mol. The number of aromatic nitrogens is 2. The number of ether oxygens (including phenoxy) is 2. The number of hydrogen-bond donors (Lipinski definition) is 3. The summed E-state index contributed by atoms with van der Waals surface area (Å²) in [5.74, 6) is 0. The van der Waals surface area contributed by atoms with E-state index in [9.17, 15) is 0 Å². The molecule has 0 saturated heterocycles. The zero-order chi connectivity index (χ0) is 27.8. The second-order valence-corrected chi connectivity index (χ2v) is 10.4. The summed E-state index contributed by atoms with van der Waals surface area (Å²) in [4.78, 5) is 0. The minimum absolute atomic E-state index is 0.631. The third kappa shape index (κ3) is 13.3. The molecule has 2 aromatic carbocycles. The van der Waals surface area contributed by atoms with Crippen LogP contribution in [-0.2, 0) is 22.9 Å². The Morgan fingerprint density at radius 2 is 0.872 bits per heavy atom. The topological polar surface area (TPSA) is 110 Å². The van der Waals surface area contributed by atoms with Gasteiger partial charge in [0.15, 0.2) is 24.8 Å². The quantitative estimate of drug-likeness (QED) is 0.152. The van der Waals surface area contributed by atoms with Crippen LogP contribution in [0.5, 0.6) is 0 Å². The van der Waals surface area contributed by atoms with E-state index < -0.39 is 10.2 Å². The second-order valence-electron chi connectivity index (χ2n) is 9.51. The van der Waals surface area contributed by atoms with Crippen LogP contribution in [0.3, 0.4) is 0 Å². The SMILES string of the molecule is [O-][Cl+](O)(O)O.c1ccc2c[n+](COCCCCCCCCCCOC[n+]3ccc4ccccc4c3)ccc2c1. The molecule has 0 aliphatic carbocycles. The van der Waals surface area contributed by atoms with Crippen LogP contribution in [0.15, 0.2) is 85.5 Å². The molecule has 0 spiro atoms. The van der Waals surface area contributed by atoms with Gasteiger partial charge in [-0.2, -0.15) is 9.13 Å².